The third-order valence-corrected chi connectivity index (χ3v) is 2.08. The van der Waals surface area contributed by atoms with Crippen LogP contribution in [-0.4, -0.2) is 17.2 Å². The van der Waals surface area contributed by atoms with Crippen LogP contribution in [0.2, 0.25) is 0 Å². The molecule has 0 saturated carbocycles. The van der Waals surface area contributed by atoms with Gasteiger partial charge in [0.2, 0.25) is 0 Å². The van der Waals surface area contributed by atoms with Crippen LogP contribution in [0.4, 0.5) is 0 Å². The molecule has 0 aromatic heterocycles. The highest BCUT2D eigenvalue weighted by atomic mass is 16.6. The first-order valence-corrected chi connectivity index (χ1v) is 4.39. The predicted molar refractivity (Wildman–Crippen MR) is 50.8 cm³/mol. The van der Waals surface area contributed by atoms with E-state index in [-0.39, 0.29) is 12.2 Å². The fraction of sp³-hybridized carbons (Fsp3) is 0.182. The first-order chi connectivity index (χ1) is 6.77. The van der Waals surface area contributed by atoms with E-state index in [1.165, 1.54) is 0 Å². The van der Waals surface area contributed by atoms with E-state index in [1.54, 1.807) is 6.08 Å². The van der Waals surface area contributed by atoms with Gasteiger partial charge in [0.1, 0.15) is 12.2 Å². The Balaban J connectivity index is 1.97. The molecule has 1 aliphatic heterocycles. The summed E-state index contributed by atoms with van der Waals surface area (Å²) in [6, 6.07) is 9.76. The third kappa shape index (κ3) is 2.00. The molecular formula is C11H10O3. The molecule has 3 heteroatoms. The Kier molecular flexibility index (Phi) is 2.33. The summed E-state index contributed by atoms with van der Waals surface area (Å²) in [4.78, 5) is 10.2. The van der Waals surface area contributed by atoms with Gasteiger partial charge in [-0.15, -0.1) is 0 Å². The average molecular weight is 190 g/mol. The first-order valence-electron chi connectivity index (χ1n) is 4.39. The van der Waals surface area contributed by atoms with Crippen molar-refractivity contribution in [3.8, 4) is 0 Å². The second kappa shape index (κ2) is 3.64. The van der Waals surface area contributed by atoms with Crippen molar-refractivity contribution in [2.75, 3.05) is 0 Å². The molecule has 1 fully saturated rings. The lowest BCUT2D eigenvalue weighted by Crippen LogP contribution is -1.89. The molecule has 1 N–H and O–H groups in total. The highest BCUT2D eigenvalue weighted by molar-refractivity contribution is 5.79. The zero-order chi connectivity index (χ0) is 9.97. The first kappa shape index (κ1) is 8.97. The quantitative estimate of drug-likeness (QED) is 0.583. The van der Waals surface area contributed by atoms with E-state index >= 15 is 0 Å². The number of carbonyl (C=O) groups is 1. The van der Waals surface area contributed by atoms with Crippen molar-refractivity contribution in [3.05, 3.63) is 48.0 Å². The largest absolute Gasteiger partial charge is 0.478 e. The number of carboxylic acid groups (broad SMARTS) is 1. The molecule has 0 amide bonds. The van der Waals surface area contributed by atoms with Gasteiger partial charge in [-0.05, 0) is 11.6 Å². The predicted octanol–water partition coefficient (Wildman–Crippen LogP) is 1.77. The molecule has 14 heavy (non-hydrogen) atoms. The Bertz CT molecular complexity index is 356. The van der Waals surface area contributed by atoms with Gasteiger partial charge in [0.25, 0.3) is 0 Å². The summed E-state index contributed by atoms with van der Waals surface area (Å²) in [6.07, 6.45) is 2.65. The van der Waals surface area contributed by atoms with Crippen molar-refractivity contribution in [1.29, 1.82) is 0 Å². The van der Waals surface area contributed by atoms with Gasteiger partial charge in [-0.1, -0.05) is 30.3 Å². The topological polar surface area (TPSA) is 49.8 Å². The summed E-state index contributed by atoms with van der Waals surface area (Å²) in [7, 11) is 0. The number of benzene rings is 1. The maximum Gasteiger partial charge on any atom is 0.328 e. The van der Waals surface area contributed by atoms with Crippen LogP contribution in [0.15, 0.2) is 42.5 Å². The van der Waals surface area contributed by atoms with Crippen LogP contribution in [0.1, 0.15) is 11.7 Å². The molecule has 1 aliphatic rings. The molecule has 2 rings (SSSR count). The minimum absolute atomic E-state index is 0.0341. The lowest BCUT2D eigenvalue weighted by Gasteiger charge is -1.91. The molecular weight excluding hydrogens is 180 g/mol. The molecule has 0 spiro atoms. The van der Waals surface area contributed by atoms with Crippen LogP contribution < -0.4 is 0 Å². The number of ether oxygens (including phenoxy) is 1. The van der Waals surface area contributed by atoms with Crippen molar-refractivity contribution in [3.63, 3.8) is 0 Å². The summed E-state index contributed by atoms with van der Waals surface area (Å²) in [5.41, 5.74) is 1.09. The maximum absolute atomic E-state index is 10.2. The Hall–Kier alpha value is -1.61. The number of hydrogen-bond donors (Lipinski definition) is 1. The molecule has 0 bridgehead atoms. The van der Waals surface area contributed by atoms with E-state index in [0.29, 0.717) is 0 Å². The van der Waals surface area contributed by atoms with E-state index in [4.69, 9.17) is 9.84 Å². The number of hydrogen-bond acceptors (Lipinski definition) is 2. The fourth-order valence-electron chi connectivity index (χ4n) is 1.36. The van der Waals surface area contributed by atoms with E-state index in [2.05, 4.69) is 0 Å². The van der Waals surface area contributed by atoms with Crippen molar-refractivity contribution < 1.29 is 14.6 Å². The van der Waals surface area contributed by atoms with Crippen molar-refractivity contribution in [2.24, 2.45) is 0 Å². The molecule has 3 nitrogen and oxygen atoms in total. The minimum Gasteiger partial charge on any atom is -0.478 e. The fourth-order valence-corrected chi connectivity index (χ4v) is 1.36. The normalized spacial score (nSPS) is 25.1. The van der Waals surface area contributed by atoms with Gasteiger partial charge in [0.05, 0.1) is 0 Å². The summed E-state index contributed by atoms with van der Waals surface area (Å²) in [6.45, 7) is 0. The van der Waals surface area contributed by atoms with Crippen LogP contribution >= 0.6 is 0 Å². The SMILES string of the molecule is O=C(O)/C=C/[C@H]1O[C@@H]1c1ccccc1. The van der Waals surface area contributed by atoms with Gasteiger partial charge < -0.3 is 9.84 Å². The second-order valence-electron chi connectivity index (χ2n) is 3.13. The smallest absolute Gasteiger partial charge is 0.328 e. The molecule has 2 atom stereocenters. The highest BCUT2D eigenvalue weighted by Crippen LogP contribution is 2.39. The summed E-state index contributed by atoms with van der Waals surface area (Å²) in [5, 5.41) is 8.40. The van der Waals surface area contributed by atoms with Crippen LogP contribution in [0.5, 0.6) is 0 Å². The third-order valence-electron chi connectivity index (χ3n) is 2.08. The van der Waals surface area contributed by atoms with E-state index in [1.807, 2.05) is 30.3 Å². The average Bonchev–Trinajstić information content (AvgIpc) is 2.95. The summed E-state index contributed by atoms with van der Waals surface area (Å²) >= 11 is 0. The molecule has 1 aromatic carbocycles. The maximum atomic E-state index is 10.2. The summed E-state index contributed by atoms with van der Waals surface area (Å²) in [5.74, 6) is -0.938. The standard InChI is InChI=1S/C11H10O3/c12-10(13)7-6-9-11(14-9)8-4-2-1-3-5-8/h1-7,9,11H,(H,12,13)/b7-6+/t9-,11-/m1/s1. The monoisotopic (exact) mass is 190 g/mol. The number of epoxide rings is 1. The minimum atomic E-state index is -0.938. The zero-order valence-corrected chi connectivity index (χ0v) is 7.46. The highest BCUT2D eigenvalue weighted by Gasteiger charge is 2.37. The van der Waals surface area contributed by atoms with Gasteiger partial charge >= 0.3 is 5.97 Å². The summed E-state index contributed by atoms with van der Waals surface area (Å²) < 4.78 is 5.30. The lowest BCUT2D eigenvalue weighted by atomic mass is 10.1. The van der Waals surface area contributed by atoms with Crippen LogP contribution in [-0.2, 0) is 9.53 Å². The van der Waals surface area contributed by atoms with Gasteiger partial charge in [0.15, 0.2) is 0 Å². The van der Waals surface area contributed by atoms with E-state index in [9.17, 15) is 4.79 Å². The second-order valence-corrected chi connectivity index (χ2v) is 3.13. The zero-order valence-electron chi connectivity index (χ0n) is 7.46. The molecule has 1 heterocycles. The number of rotatable bonds is 3. The van der Waals surface area contributed by atoms with Crippen molar-refractivity contribution >= 4 is 5.97 Å². The number of aliphatic carboxylic acids is 1. The van der Waals surface area contributed by atoms with Crippen LogP contribution in [0.3, 0.4) is 0 Å². The Morgan fingerprint density at radius 2 is 2.07 bits per heavy atom. The Labute approximate surface area is 81.6 Å². The Morgan fingerprint density at radius 1 is 1.36 bits per heavy atom. The van der Waals surface area contributed by atoms with Gasteiger partial charge in [-0.3, -0.25) is 0 Å². The van der Waals surface area contributed by atoms with Gasteiger partial charge in [0, 0.05) is 6.08 Å². The van der Waals surface area contributed by atoms with Crippen molar-refractivity contribution in [2.45, 2.75) is 12.2 Å². The van der Waals surface area contributed by atoms with Crippen LogP contribution in [0, 0.1) is 0 Å². The molecule has 0 aliphatic carbocycles. The number of carboxylic acids is 1. The van der Waals surface area contributed by atoms with Crippen LogP contribution in [0.25, 0.3) is 0 Å². The van der Waals surface area contributed by atoms with Crippen molar-refractivity contribution in [1.82, 2.24) is 0 Å². The molecule has 0 unspecified atom stereocenters. The molecule has 1 aromatic rings. The van der Waals surface area contributed by atoms with Gasteiger partial charge in [-0.2, -0.15) is 0 Å². The lowest BCUT2D eigenvalue weighted by molar-refractivity contribution is -0.131. The molecule has 0 radical (unpaired) electrons. The van der Waals surface area contributed by atoms with E-state index < -0.39 is 5.97 Å². The van der Waals surface area contributed by atoms with E-state index in [0.717, 1.165) is 11.6 Å². The molecule has 1 saturated heterocycles. The Morgan fingerprint density at radius 3 is 2.71 bits per heavy atom. The van der Waals surface area contributed by atoms with Gasteiger partial charge in [-0.25, -0.2) is 4.79 Å². The molecule has 72 valence electrons.